The van der Waals surface area contributed by atoms with Crippen molar-refractivity contribution in [2.45, 2.75) is 30.6 Å². The van der Waals surface area contributed by atoms with Crippen molar-refractivity contribution in [3.05, 3.63) is 28.8 Å². The van der Waals surface area contributed by atoms with Crippen molar-refractivity contribution in [2.75, 3.05) is 13.6 Å². The Morgan fingerprint density at radius 3 is 2.57 bits per heavy atom. The Labute approximate surface area is 129 Å². The van der Waals surface area contributed by atoms with E-state index in [4.69, 9.17) is 16.7 Å². The van der Waals surface area contributed by atoms with E-state index in [9.17, 15) is 13.2 Å². The summed E-state index contributed by atoms with van der Waals surface area (Å²) >= 11 is 5.77. The largest absolute Gasteiger partial charge is 0.478 e. The van der Waals surface area contributed by atoms with Gasteiger partial charge >= 0.3 is 5.97 Å². The summed E-state index contributed by atoms with van der Waals surface area (Å²) in [7, 11) is -2.16. The van der Waals surface area contributed by atoms with Crippen LogP contribution in [0.1, 0.15) is 36.0 Å². The summed E-state index contributed by atoms with van der Waals surface area (Å²) in [4.78, 5) is 11.0. The zero-order chi connectivity index (χ0) is 15.6. The highest BCUT2D eigenvalue weighted by Crippen LogP contribution is 2.28. The minimum Gasteiger partial charge on any atom is -0.478 e. The molecule has 21 heavy (non-hydrogen) atoms. The molecule has 0 aromatic heterocycles. The van der Waals surface area contributed by atoms with Gasteiger partial charge in [-0.3, -0.25) is 0 Å². The Morgan fingerprint density at radius 2 is 2.00 bits per heavy atom. The van der Waals surface area contributed by atoms with Gasteiger partial charge in [-0.15, -0.1) is 0 Å². The summed E-state index contributed by atoms with van der Waals surface area (Å²) in [6, 6.07) is 3.77. The quantitative estimate of drug-likeness (QED) is 0.900. The molecule has 0 saturated heterocycles. The Balaban J connectivity index is 2.26. The van der Waals surface area contributed by atoms with E-state index >= 15 is 0 Å². The third kappa shape index (κ3) is 3.56. The van der Waals surface area contributed by atoms with Crippen LogP contribution < -0.4 is 0 Å². The van der Waals surface area contributed by atoms with E-state index in [1.165, 1.54) is 23.5 Å². The van der Waals surface area contributed by atoms with Crippen molar-refractivity contribution in [1.82, 2.24) is 4.31 Å². The summed E-state index contributed by atoms with van der Waals surface area (Å²) in [5, 5.41) is 9.06. The second-order valence-electron chi connectivity index (χ2n) is 5.38. The minimum absolute atomic E-state index is 0.0277. The SMILES string of the molecule is CN(CC1CCCC1)S(=O)(=O)c1ccc(Cl)c(C(=O)O)c1. The number of sulfonamides is 1. The first kappa shape index (κ1) is 16.3. The fourth-order valence-electron chi connectivity index (χ4n) is 2.66. The predicted molar refractivity (Wildman–Crippen MR) is 80.2 cm³/mol. The molecule has 1 N–H and O–H groups in total. The molecule has 1 aromatic rings. The van der Waals surface area contributed by atoms with Gasteiger partial charge in [0.1, 0.15) is 0 Å². The highest BCUT2D eigenvalue weighted by Gasteiger charge is 2.26. The topological polar surface area (TPSA) is 74.7 Å². The van der Waals surface area contributed by atoms with Crippen LogP contribution in [0.4, 0.5) is 0 Å². The number of halogens is 1. The van der Waals surface area contributed by atoms with E-state index in [2.05, 4.69) is 0 Å². The summed E-state index contributed by atoms with van der Waals surface area (Å²) < 4.78 is 26.3. The number of carboxylic acid groups (broad SMARTS) is 1. The molecule has 116 valence electrons. The molecule has 0 radical (unpaired) electrons. The molecular weight excluding hydrogens is 314 g/mol. The van der Waals surface area contributed by atoms with Gasteiger partial charge in [-0.05, 0) is 37.0 Å². The van der Waals surface area contributed by atoms with Gasteiger partial charge in [-0.2, -0.15) is 0 Å². The lowest BCUT2D eigenvalue weighted by Gasteiger charge is -2.21. The van der Waals surface area contributed by atoms with Crippen LogP contribution in [-0.2, 0) is 10.0 Å². The summed E-state index contributed by atoms with van der Waals surface area (Å²) in [5.41, 5.74) is -0.202. The van der Waals surface area contributed by atoms with Gasteiger partial charge in [-0.1, -0.05) is 24.4 Å². The molecule has 1 aromatic carbocycles. The zero-order valence-electron chi connectivity index (χ0n) is 11.8. The van der Waals surface area contributed by atoms with Gasteiger partial charge in [0.15, 0.2) is 0 Å². The molecule has 0 aliphatic heterocycles. The Morgan fingerprint density at radius 1 is 1.38 bits per heavy atom. The number of carboxylic acids is 1. The number of hydrogen-bond donors (Lipinski definition) is 1. The average Bonchev–Trinajstić information content (AvgIpc) is 2.91. The number of rotatable bonds is 5. The van der Waals surface area contributed by atoms with Crippen LogP contribution in [0.15, 0.2) is 23.1 Å². The zero-order valence-corrected chi connectivity index (χ0v) is 13.3. The van der Waals surface area contributed by atoms with Crippen LogP contribution >= 0.6 is 11.6 Å². The van der Waals surface area contributed by atoms with E-state index in [-0.39, 0.29) is 15.5 Å². The smallest absolute Gasteiger partial charge is 0.337 e. The minimum atomic E-state index is -3.69. The van der Waals surface area contributed by atoms with Crippen molar-refractivity contribution >= 4 is 27.6 Å². The first-order valence-corrected chi connectivity index (χ1v) is 8.63. The molecule has 1 saturated carbocycles. The summed E-state index contributed by atoms with van der Waals surface area (Å²) in [6.45, 7) is 0.466. The van der Waals surface area contributed by atoms with Crippen LogP contribution in [-0.4, -0.2) is 37.4 Å². The van der Waals surface area contributed by atoms with E-state index < -0.39 is 16.0 Å². The van der Waals surface area contributed by atoms with Gasteiger partial charge in [0.2, 0.25) is 10.0 Å². The molecular formula is C14H18ClNO4S. The molecule has 1 fully saturated rings. The second kappa shape index (κ2) is 6.34. The van der Waals surface area contributed by atoms with Gasteiger partial charge < -0.3 is 5.11 Å². The highest BCUT2D eigenvalue weighted by atomic mass is 35.5. The molecule has 5 nitrogen and oxygen atoms in total. The van der Waals surface area contributed by atoms with Crippen molar-refractivity contribution in [2.24, 2.45) is 5.92 Å². The standard InChI is InChI=1S/C14H18ClNO4S/c1-16(9-10-4-2-3-5-10)21(19,20)11-6-7-13(15)12(8-11)14(17)18/h6-8,10H,2-5,9H2,1H3,(H,17,18). The van der Waals surface area contributed by atoms with Crippen LogP contribution in [0.25, 0.3) is 0 Å². The molecule has 7 heteroatoms. The molecule has 0 amide bonds. The van der Waals surface area contributed by atoms with Crippen molar-refractivity contribution in [1.29, 1.82) is 0 Å². The van der Waals surface area contributed by atoms with Gasteiger partial charge in [0.05, 0.1) is 15.5 Å². The molecule has 0 heterocycles. The number of nitrogens with zero attached hydrogens (tertiary/aromatic N) is 1. The first-order chi connectivity index (χ1) is 9.82. The highest BCUT2D eigenvalue weighted by molar-refractivity contribution is 7.89. The first-order valence-electron chi connectivity index (χ1n) is 6.81. The number of aromatic carboxylic acids is 1. The molecule has 2 rings (SSSR count). The molecule has 0 atom stereocenters. The molecule has 0 unspecified atom stereocenters. The number of benzene rings is 1. The molecule has 1 aliphatic rings. The maximum atomic E-state index is 12.5. The fourth-order valence-corrected chi connectivity index (χ4v) is 4.14. The second-order valence-corrected chi connectivity index (χ2v) is 7.83. The van der Waals surface area contributed by atoms with Crippen LogP contribution in [0.5, 0.6) is 0 Å². The normalized spacial score (nSPS) is 16.5. The molecule has 0 bridgehead atoms. The van der Waals surface area contributed by atoms with Crippen molar-refractivity contribution in [3.8, 4) is 0 Å². The molecule has 1 aliphatic carbocycles. The summed E-state index contributed by atoms with van der Waals surface area (Å²) in [6.07, 6.45) is 4.37. The van der Waals surface area contributed by atoms with Gasteiger partial charge in [0, 0.05) is 13.6 Å². The maximum absolute atomic E-state index is 12.5. The van der Waals surface area contributed by atoms with Crippen molar-refractivity contribution in [3.63, 3.8) is 0 Å². The lowest BCUT2D eigenvalue weighted by Crippen LogP contribution is -2.31. The third-order valence-electron chi connectivity index (χ3n) is 3.87. The van der Waals surface area contributed by atoms with Crippen LogP contribution in [0, 0.1) is 5.92 Å². The number of hydrogen-bond acceptors (Lipinski definition) is 3. The Kier molecular flexibility index (Phi) is 4.91. The maximum Gasteiger partial charge on any atom is 0.337 e. The van der Waals surface area contributed by atoms with Crippen LogP contribution in [0.3, 0.4) is 0 Å². The van der Waals surface area contributed by atoms with Crippen molar-refractivity contribution < 1.29 is 18.3 Å². The monoisotopic (exact) mass is 331 g/mol. The predicted octanol–water partition coefficient (Wildman–Crippen LogP) is 2.85. The van der Waals surface area contributed by atoms with E-state index in [1.54, 1.807) is 0 Å². The van der Waals surface area contributed by atoms with Crippen LogP contribution in [0.2, 0.25) is 5.02 Å². The number of carbonyl (C=O) groups is 1. The third-order valence-corrected chi connectivity index (χ3v) is 6.02. The average molecular weight is 332 g/mol. The molecule has 0 spiro atoms. The lowest BCUT2D eigenvalue weighted by atomic mass is 10.1. The van der Waals surface area contributed by atoms with Gasteiger partial charge in [-0.25, -0.2) is 17.5 Å². The lowest BCUT2D eigenvalue weighted by molar-refractivity contribution is 0.0697. The Hall–Kier alpha value is -1.11. The van der Waals surface area contributed by atoms with E-state index in [0.29, 0.717) is 12.5 Å². The van der Waals surface area contributed by atoms with E-state index in [0.717, 1.165) is 31.7 Å². The van der Waals surface area contributed by atoms with E-state index in [1.807, 2.05) is 0 Å². The summed E-state index contributed by atoms with van der Waals surface area (Å²) in [5.74, 6) is -0.855. The van der Waals surface area contributed by atoms with Gasteiger partial charge in [0.25, 0.3) is 0 Å². The Bertz CT molecular complexity index is 638. The fraction of sp³-hybridized carbons (Fsp3) is 0.500.